The van der Waals surface area contributed by atoms with Gasteiger partial charge in [-0.05, 0) is 89.9 Å². The largest absolute Gasteiger partial charge is 0.466 e. The average Bonchev–Trinajstić information content (AvgIpc) is 3.21. The second-order valence-electron chi connectivity index (χ2n) is 16.9. The Morgan fingerprint density at radius 3 is 1.50 bits per heavy atom. The van der Waals surface area contributed by atoms with Crippen molar-refractivity contribution in [2.75, 3.05) is 39.8 Å². The molecule has 1 amide bonds. The lowest BCUT2D eigenvalue weighted by Crippen LogP contribution is -2.29. The highest BCUT2D eigenvalue weighted by Gasteiger charge is 2.14. The molecular weight excluding hydrogens is 725 g/mol. The lowest BCUT2D eigenvalue weighted by molar-refractivity contribution is -0.150. The van der Waals surface area contributed by atoms with Gasteiger partial charge in [0, 0.05) is 32.6 Å². The fourth-order valence-corrected chi connectivity index (χ4v) is 7.48. The summed E-state index contributed by atoms with van der Waals surface area (Å²) in [6.07, 6.45) is 41.8. The van der Waals surface area contributed by atoms with Gasteiger partial charge in [-0.1, -0.05) is 156 Å². The van der Waals surface area contributed by atoms with Gasteiger partial charge in [-0.3, -0.25) is 14.4 Å². The third-order valence-corrected chi connectivity index (χ3v) is 11.2. The number of ether oxygens (including phenoxy) is 2. The minimum atomic E-state index is -0.0376. The zero-order chi connectivity index (χ0) is 42.6. The van der Waals surface area contributed by atoms with E-state index in [1.165, 1.54) is 116 Å². The van der Waals surface area contributed by atoms with Crippen molar-refractivity contribution in [3.05, 3.63) is 12.3 Å². The quantitative estimate of drug-likeness (QED) is 0.0212. The molecule has 9 nitrogen and oxygen atoms in total. The Balaban J connectivity index is 4.54. The molecule has 0 atom stereocenters. The lowest BCUT2D eigenvalue weighted by Gasteiger charge is -2.24. The first kappa shape index (κ1) is 55.6. The van der Waals surface area contributed by atoms with Crippen LogP contribution in [0.15, 0.2) is 17.3 Å². The topological polar surface area (TPSA) is 115 Å². The van der Waals surface area contributed by atoms with Gasteiger partial charge in [-0.2, -0.15) is 4.99 Å². The summed E-state index contributed by atoms with van der Waals surface area (Å²) in [5, 5.41) is 0. The molecule has 0 heterocycles. The van der Waals surface area contributed by atoms with Gasteiger partial charge in [0.15, 0.2) is 0 Å². The van der Waals surface area contributed by atoms with Crippen molar-refractivity contribution in [3.8, 4) is 0 Å². The Hall–Kier alpha value is -2.42. The van der Waals surface area contributed by atoms with Gasteiger partial charge in [0.05, 0.1) is 6.61 Å². The van der Waals surface area contributed by atoms with E-state index in [9.17, 15) is 14.4 Å². The highest BCUT2D eigenvalue weighted by Crippen LogP contribution is 2.19. The van der Waals surface area contributed by atoms with Crippen LogP contribution in [0.5, 0.6) is 0 Å². The highest BCUT2D eigenvalue weighted by molar-refractivity contribution is 5.95. The number of nitrogens with zero attached hydrogens (tertiary/aromatic N) is 3. The third kappa shape index (κ3) is 40.4. The van der Waals surface area contributed by atoms with E-state index >= 15 is 0 Å². The summed E-state index contributed by atoms with van der Waals surface area (Å²) < 4.78 is 11.5. The summed E-state index contributed by atoms with van der Waals surface area (Å²) in [7, 11) is 2.01. The maximum Gasteiger partial charge on any atom is 0.306 e. The zero-order valence-corrected chi connectivity index (χ0v) is 38.6. The van der Waals surface area contributed by atoms with Gasteiger partial charge in [-0.25, -0.2) is 0 Å². The number of rotatable bonds is 45. The second kappa shape index (κ2) is 44.1. The standard InChI is InChI=1S/C49H94N4O5/c1-5-8-11-14-19-26-34-46(35-27-20-15-12-9-6-2)58-49(56)37-29-22-18-24-31-41-53(42-33-39-52(4)43-38-47(50)51-45-54)40-30-23-17-21-28-36-48(55)57-44-32-25-16-13-10-7-3/h38,43,45-46H,5-37,39-42,44H2,1-4H3,(H2,50,51,54)/b43-38-. The first-order valence-electron chi connectivity index (χ1n) is 24.6. The first-order valence-corrected chi connectivity index (χ1v) is 24.6. The van der Waals surface area contributed by atoms with E-state index in [0.29, 0.717) is 25.9 Å². The summed E-state index contributed by atoms with van der Waals surface area (Å²) in [5.74, 6) is 0.182. The maximum atomic E-state index is 12.8. The van der Waals surface area contributed by atoms with Crippen molar-refractivity contribution in [2.45, 2.75) is 239 Å². The van der Waals surface area contributed by atoms with E-state index in [1.807, 2.05) is 13.2 Å². The normalized spacial score (nSPS) is 11.9. The maximum absolute atomic E-state index is 12.8. The minimum Gasteiger partial charge on any atom is -0.466 e. The number of carbonyl (C=O) groups is 3. The number of amidine groups is 1. The molecule has 2 N–H and O–H groups in total. The average molecular weight is 819 g/mol. The van der Waals surface area contributed by atoms with Crippen LogP contribution >= 0.6 is 0 Å². The van der Waals surface area contributed by atoms with E-state index in [1.54, 1.807) is 6.08 Å². The zero-order valence-electron chi connectivity index (χ0n) is 38.6. The van der Waals surface area contributed by atoms with Crippen LogP contribution in [0.2, 0.25) is 0 Å². The number of nitrogens with two attached hydrogens (primary N) is 1. The van der Waals surface area contributed by atoms with Crippen LogP contribution in [0, 0.1) is 0 Å². The summed E-state index contributed by atoms with van der Waals surface area (Å²) in [6, 6.07) is 0. The minimum absolute atomic E-state index is 0.00935. The molecule has 58 heavy (non-hydrogen) atoms. The number of esters is 2. The predicted octanol–water partition coefficient (Wildman–Crippen LogP) is 12.6. The molecule has 0 radical (unpaired) electrons. The monoisotopic (exact) mass is 819 g/mol. The Morgan fingerprint density at radius 1 is 0.552 bits per heavy atom. The van der Waals surface area contributed by atoms with Crippen LogP contribution in [0.4, 0.5) is 0 Å². The predicted molar refractivity (Wildman–Crippen MR) is 246 cm³/mol. The summed E-state index contributed by atoms with van der Waals surface area (Å²) in [5.41, 5.74) is 5.71. The van der Waals surface area contributed by atoms with Gasteiger partial charge in [0.1, 0.15) is 11.9 Å². The third-order valence-electron chi connectivity index (χ3n) is 11.2. The molecule has 0 unspecified atom stereocenters. The van der Waals surface area contributed by atoms with E-state index < -0.39 is 0 Å². The van der Waals surface area contributed by atoms with E-state index in [2.05, 4.69) is 35.6 Å². The summed E-state index contributed by atoms with van der Waals surface area (Å²) >= 11 is 0. The molecule has 0 saturated heterocycles. The van der Waals surface area contributed by atoms with Crippen molar-refractivity contribution < 1.29 is 23.9 Å². The Morgan fingerprint density at radius 2 is 0.983 bits per heavy atom. The molecule has 9 heteroatoms. The molecule has 0 saturated carbocycles. The summed E-state index contributed by atoms with van der Waals surface area (Å²) in [6.45, 7) is 11.4. The van der Waals surface area contributed by atoms with Crippen molar-refractivity contribution in [1.29, 1.82) is 0 Å². The number of aliphatic imine (C=N–C) groups is 1. The van der Waals surface area contributed by atoms with E-state index in [0.717, 1.165) is 110 Å². The van der Waals surface area contributed by atoms with Crippen molar-refractivity contribution >= 4 is 24.2 Å². The van der Waals surface area contributed by atoms with Gasteiger partial charge in [0.2, 0.25) is 6.41 Å². The highest BCUT2D eigenvalue weighted by atomic mass is 16.5. The van der Waals surface area contributed by atoms with Crippen LogP contribution in [0.25, 0.3) is 0 Å². The number of hydrogen-bond donors (Lipinski definition) is 1. The molecule has 0 fully saturated rings. The molecule has 0 bridgehead atoms. The molecule has 0 spiro atoms. The number of unbranched alkanes of at least 4 members (excludes halogenated alkanes) is 23. The van der Waals surface area contributed by atoms with E-state index in [-0.39, 0.29) is 23.9 Å². The number of amides is 1. The Bertz CT molecular complexity index is 974. The van der Waals surface area contributed by atoms with Crippen LogP contribution in [0.1, 0.15) is 233 Å². The second-order valence-corrected chi connectivity index (χ2v) is 16.9. The fraction of sp³-hybridized carbons (Fsp3) is 0.878. The Labute approximate surface area is 358 Å². The SMILES string of the molecule is CCCCCCCCOC(=O)CCCCCCCN(CCCCCCCC(=O)OC(CCCCCCCC)CCCCCCCC)CCCN(C)/C=C\C(N)=N/C=O. The molecule has 0 aromatic carbocycles. The van der Waals surface area contributed by atoms with Gasteiger partial charge in [0.25, 0.3) is 0 Å². The van der Waals surface area contributed by atoms with E-state index in [4.69, 9.17) is 15.2 Å². The van der Waals surface area contributed by atoms with Crippen LogP contribution in [0.3, 0.4) is 0 Å². The molecule has 0 aromatic rings. The molecule has 0 aromatic heterocycles. The molecule has 0 aliphatic rings. The lowest BCUT2D eigenvalue weighted by atomic mass is 10.0. The van der Waals surface area contributed by atoms with Crippen molar-refractivity contribution in [3.63, 3.8) is 0 Å². The first-order chi connectivity index (χ1) is 28.4. The smallest absolute Gasteiger partial charge is 0.306 e. The van der Waals surface area contributed by atoms with Crippen LogP contribution in [-0.4, -0.2) is 79.9 Å². The molecular formula is C49H94N4O5. The molecule has 340 valence electrons. The molecule has 0 rings (SSSR count). The van der Waals surface area contributed by atoms with Gasteiger partial charge >= 0.3 is 11.9 Å². The van der Waals surface area contributed by atoms with Gasteiger partial charge in [-0.15, -0.1) is 0 Å². The molecule has 0 aliphatic heterocycles. The van der Waals surface area contributed by atoms with Crippen molar-refractivity contribution in [1.82, 2.24) is 9.80 Å². The number of hydrogen-bond acceptors (Lipinski definition) is 7. The number of carbonyl (C=O) groups excluding carboxylic acids is 3. The van der Waals surface area contributed by atoms with Crippen LogP contribution in [-0.2, 0) is 23.9 Å². The van der Waals surface area contributed by atoms with Crippen LogP contribution < -0.4 is 5.73 Å². The summed E-state index contributed by atoms with van der Waals surface area (Å²) in [4.78, 5) is 43.7. The Kier molecular flexibility index (Phi) is 42.3. The van der Waals surface area contributed by atoms with Gasteiger partial charge < -0.3 is 25.0 Å². The fourth-order valence-electron chi connectivity index (χ4n) is 7.48. The van der Waals surface area contributed by atoms with Crippen molar-refractivity contribution in [2.24, 2.45) is 10.7 Å². The molecule has 0 aliphatic carbocycles.